The number of aromatic nitrogens is 2. The second kappa shape index (κ2) is 4.97. The highest BCUT2D eigenvalue weighted by Crippen LogP contribution is 2.44. The van der Waals surface area contributed by atoms with Crippen molar-refractivity contribution in [2.24, 2.45) is 5.41 Å². The lowest BCUT2D eigenvalue weighted by Crippen LogP contribution is -2.27. The number of hydrogen-bond acceptors (Lipinski definition) is 3. The molecule has 90 valence electrons. The normalized spacial score (nSPS) is 17.6. The molecule has 1 heterocycles. The second-order valence-electron chi connectivity index (χ2n) is 4.80. The second-order valence-corrected chi connectivity index (χ2v) is 4.80. The van der Waals surface area contributed by atoms with E-state index < -0.39 is 0 Å². The molecule has 0 aliphatic heterocycles. The minimum absolute atomic E-state index is 0.183. The van der Waals surface area contributed by atoms with E-state index in [2.05, 4.69) is 21.8 Å². The summed E-state index contributed by atoms with van der Waals surface area (Å²) < 4.78 is 2.19. The molecule has 1 aromatic heterocycles. The first-order chi connectivity index (χ1) is 7.79. The van der Waals surface area contributed by atoms with Crippen molar-refractivity contribution in [3.05, 3.63) is 18.2 Å². The van der Waals surface area contributed by atoms with Crippen LogP contribution in [0.3, 0.4) is 0 Å². The van der Waals surface area contributed by atoms with E-state index in [1.54, 1.807) is 0 Å². The van der Waals surface area contributed by atoms with Gasteiger partial charge in [0.2, 0.25) is 0 Å². The van der Waals surface area contributed by atoms with Crippen molar-refractivity contribution < 1.29 is 5.11 Å². The topological polar surface area (TPSA) is 50.1 Å². The summed E-state index contributed by atoms with van der Waals surface area (Å²) in [6.45, 7) is 5.21. The predicted molar refractivity (Wildman–Crippen MR) is 63.0 cm³/mol. The first-order valence-corrected chi connectivity index (χ1v) is 6.11. The maximum atomic E-state index is 9.19. The number of rotatable bonds is 7. The highest BCUT2D eigenvalue weighted by Gasteiger charge is 2.41. The largest absolute Gasteiger partial charge is 0.396 e. The Morgan fingerprint density at radius 2 is 2.38 bits per heavy atom. The molecular weight excluding hydrogens is 202 g/mol. The van der Waals surface area contributed by atoms with Crippen LogP contribution >= 0.6 is 0 Å². The molecule has 16 heavy (non-hydrogen) atoms. The number of hydrogen-bond donors (Lipinski definition) is 2. The van der Waals surface area contributed by atoms with Crippen LogP contribution in [0.15, 0.2) is 12.4 Å². The van der Waals surface area contributed by atoms with Crippen molar-refractivity contribution in [3.8, 4) is 0 Å². The molecule has 4 heteroatoms. The van der Waals surface area contributed by atoms with Gasteiger partial charge in [-0.1, -0.05) is 6.92 Å². The van der Waals surface area contributed by atoms with Crippen LogP contribution in [-0.2, 0) is 13.1 Å². The van der Waals surface area contributed by atoms with E-state index in [-0.39, 0.29) is 5.41 Å². The van der Waals surface area contributed by atoms with Crippen LogP contribution in [-0.4, -0.2) is 27.8 Å². The van der Waals surface area contributed by atoms with Gasteiger partial charge in [0, 0.05) is 37.5 Å². The van der Waals surface area contributed by atoms with Gasteiger partial charge < -0.3 is 15.0 Å². The summed E-state index contributed by atoms with van der Waals surface area (Å²) in [7, 11) is 0. The van der Waals surface area contributed by atoms with Gasteiger partial charge in [-0.15, -0.1) is 0 Å². The molecule has 2 N–H and O–H groups in total. The molecule has 0 amide bonds. The smallest absolute Gasteiger partial charge is 0.122 e. The lowest BCUT2D eigenvalue weighted by molar-refractivity contribution is 0.207. The van der Waals surface area contributed by atoms with Crippen molar-refractivity contribution in [3.63, 3.8) is 0 Å². The fourth-order valence-corrected chi connectivity index (χ4v) is 1.96. The molecule has 1 aliphatic rings. The average Bonchev–Trinajstić information content (AvgIpc) is 2.95. The summed E-state index contributed by atoms with van der Waals surface area (Å²) >= 11 is 0. The van der Waals surface area contributed by atoms with Crippen LogP contribution in [0.2, 0.25) is 0 Å². The molecule has 1 saturated carbocycles. The summed E-state index contributed by atoms with van der Waals surface area (Å²) in [6, 6.07) is 0. The van der Waals surface area contributed by atoms with Crippen LogP contribution in [0.5, 0.6) is 0 Å². The standard InChI is InChI=1S/C12H21N3O/c1-2-6-15-7-5-14-11(15)8-13-9-12(10-16)3-4-12/h5,7,13,16H,2-4,6,8-10H2,1H3. The predicted octanol–water partition coefficient (Wildman–Crippen LogP) is 1.16. The van der Waals surface area contributed by atoms with Crippen LogP contribution in [0.25, 0.3) is 0 Å². The number of nitrogens with one attached hydrogen (secondary N) is 1. The van der Waals surface area contributed by atoms with Gasteiger partial charge in [0.25, 0.3) is 0 Å². The van der Waals surface area contributed by atoms with Crippen molar-refractivity contribution in [2.45, 2.75) is 39.3 Å². The molecular formula is C12H21N3O. The van der Waals surface area contributed by atoms with E-state index in [9.17, 15) is 5.11 Å². The molecule has 0 aromatic carbocycles. The number of aliphatic hydroxyl groups is 1. The Hall–Kier alpha value is -0.870. The van der Waals surface area contributed by atoms with Crippen LogP contribution in [0.1, 0.15) is 32.0 Å². The Morgan fingerprint density at radius 3 is 3.00 bits per heavy atom. The van der Waals surface area contributed by atoms with Crippen LogP contribution in [0.4, 0.5) is 0 Å². The van der Waals surface area contributed by atoms with Gasteiger partial charge in [-0.25, -0.2) is 4.98 Å². The molecule has 1 fully saturated rings. The highest BCUT2D eigenvalue weighted by atomic mass is 16.3. The van der Waals surface area contributed by atoms with Crippen LogP contribution < -0.4 is 5.32 Å². The number of aliphatic hydroxyl groups excluding tert-OH is 1. The summed E-state index contributed by atoms with van der Waals surface area (Å²) in [4.78, 5) is 4.34. The Labute approximate surface area is 96.7 Å². The first-order valence-electron chi connectivity index (χ1n) is 6.11. The fourth-order valence-electron chi connectivity index (χ4n) is 1.96. The molecule has 0 atom stereocenters. The molecule has 1 aromatic rings. The third-order valence-electron chi connectivity index (χ3n) is 3.34. The van der Waals surface area contributed by atoms with E-state index in [0.717, 1.165) is 44.7 Å². The molecule has 0 bridgehead atoms. The third-order valence-corrected chi connectivity index (χ3v) is 3.34. The maximum absolute atomic E-state index is 9.19. The van der Waals surface area contributed by atoms with E-state index in [0.29, 0.717) is 6.61 Å². The zero-order chi connectivity index (χ0) is 11.4. The molecule has 0 unspecified atom stereocenters. The first kappa shape index (κ1) is 11.6. The van der Waals surface area contributed by atoms with E-state index in [4.69, 9.17) is 0 Å². The third kappa shape index (κ3) is 2.62. The quantitative estimate of drug-likeness (QED) is 0.729. The van der Waals surface area contributed by atoms with Gasteiger partial charge in [0.05, 0.1) is 6.54 Å². The van der Waals surface area contributed by atoms with Gasteiger partial charge in [0.15, 0.2) is 0 Å². The van der Waals surface area contributed by atoms with Gasteiger partial charge in [-0.3, -0.25) is 0 Å². The lowest BCUT2D eigenvalue weighted by atomic mass is 10.1. The SMILES string of the molecule is CCCn1ccnc1CNCC1(CO)CC1. The van der Waals surface area contributed by atoms with Crippen molar-refractivity contribution >= 4 is 0 Å². The van der Waals surface area contributed by atoms with Gasteiger partial charge in [-0.05, 0) is 19.3 Å². The van der Waals surface area contributed by atoms with Gasteiger partial charge in [-0.2, -0.15) is 0 Å². The highest BCUT2D eigenvalue weighted by molar-refractivity contribution is 4.96. The Morgan fingerprint density at radius 1 is 1.56 bits per heavy atom. The summed E-state index contributed by atoms with van der Waals surface area (Å²) in [5.74, 6) is 1.09. The van der Waals surface area contributed by atoms with E-state index >= 15 is 0 Å². The van der Waals surface area contributed by atoms with Crippen LogP contribution in [0, 0.1) is 5.41 Å². The Balaban J connectivity index is 1.78. The molecule has 0 spiro atoms. The summed E-state index contributed by atoms with van der Waals surface area (Å²) in [5.41, 5.74) is 0.183. The molecule has 2 rings (SSSR count). The summed E-state index contributed by atoms with van der Waals surface area (Å²) in [5, 5.41) is 12.6. The minimum atomic E-state index is 0.183. The van der Waals surface area contributed by atoms with Gasteiger partial charge in [0.1, 0.15) is 5.82 Å². The number of nitrogens with zero attached hydrogens (tertiary/aromatic N) is 2. The van der Waals surface area contributed by atoms with Crippen molar-refractivity contribution in [1.82, 2.24) is 14.9 Å². The average molecular weight is 223 g/mol. The lowest BCUT2D eigenvalue weighted by Gasteiger charge is -2.13. The van der Waals surface area contributed by atoms with E-state index in [1.807, 2.05) is 12.4 Å². The minimum Gasteiger partial charge on any atom is -0.396 e. The summed E-state index contributed by atoms with van der Waals surface area (Å²) in [6.07, 6.45) is 7.31. The number of aryl methyl sites for hydroxylation is 1. The molecule has 0 radical (unpaired) electrons. The number of imidazole rings is 1. The van der Waals surface area contributed by atoms with E-state index in [1.165, 1.54) is 0 Å². The monoisotopic (exact) mass is 223 g/mol. The zero-order valence-electron chi connectivity index (χ0n) is 9.95. The molecule has 0 saturated heterocycles. The van der Waals surface area contributed by atoms with Crippen molar-refractivity contribution in [1.29, 1.82) is 0 Å². The molecule has 4 nitrogen and oxygen atoms in total. The van der Waals surface area contributed by atoms with Crippen molar-refractivity contribution in [2.75, 3.05) is 13.2 Å². The van der Waals surface area contributed by atoms with Gasteiger partial charge >= 0.3 is 0 Å². The molecule has 1 aliphatic carbocycles. The Bertz CT molecular complexity index is 331. The Kier molecular flexibility index (Phi) is 3.61. The maximum Gasteiger partial charge on any atom is 0.122 e. The fraction of sp³-hybridized carbons (Fsp3) is 0.750. The zero-order valence-corrected chi connectivity index (χ0v) is 9.95.